The average Bonchev–Trinajstić information content (AvgIpc) is 2.42. The molecule has 19 heavy (non-hydrogen) atoms. The van der Waals surface area contributed by atoms with Gasteiger partial charge in [0.1, 0.15) is 0 Å². The molecule has 0 saturated heterocycles. The zero-order valence-electron chi connectivity index (χ0n) is 10.4. The molecule has 0 spiro atoms. The van der Waals surface area contributed by atoms with Crippen molar-refractivity contribution in [3.63, 3.8) is 0 Å². The molecule has 0 radical (unpaired) electrons. The van der Waals surface area contributed by atoms with Crippen molar-refractivity contribution in [2.75, 3.05) is 5.32 Å². The standard InChI is InChI=1S/C14H14BrN3O/c1-10(11-6-8-16-9-7-11)17-14(19)18-13-4-2-12(15)3-5-13/h2-10H,1H3,(H2,17,18,19). The van der Waals surface area contributed by atoms with Crippen molar-refractivity contribution < 1.29 is 4.79 Å². The number of benzene rings is 1. The first-order chi connectivity index (χ1) is 9.15. The Balaban J connectivity index is 1.93. The third-order valence-electron chi connectivity index (χ3n) is 2.66. The first kappa shape index (κ1) is 13.5. The van der Waals surface area contributed by atoms with Gasteiger partial charge in [-0.15, -0.1) is 0 Å². The third kappa shape index (κ3) is 4.06. The van der Waals surface area contributed by atoms with Crippen LogP contribution in [0.4, 0.5) is 10.5 Å². The summed E-state index contributed by atoms with van der Waals surface area (Å²) in [5.74, 6) is 0. The van der Waals surface area contributed by atoms with Gasteiger partial charge < -0.3 is 10.6 Å². The van der Waals surface area contributed by atoms with Crippen LogP contribution in [-0.2, 0) is 0 Å². The minimum absolute atomic E-state index is 0.0709. The van der Waals surface area contributed by atoms with Crippen LogP contribution in [0, 0.1) is 0 Å². The van der Waals surface area contributed by atoms with E-state index in [2.05, 4.69) is 31.5 Å². The van der Waals surface area contributed by atoms with Crippen molar-refractivity contribution in [1.29, 1.82) is 0 Å². The van der Waals surface area contributed by atoms with Gasteiger partial charge in [-0.05, 0) is 48.9 Å². The number of pyridine rings is 1. The molecule has 0 aliphatic heterocycles. The Bertz CT molecular complexity index is 542. The number of carbonyl (C=O) groups excluding carboxylic acids is 1. The maximum absolute atomic E-state index is 11.8. The van der Waals surface area contributed by atoms with Crippen LogP contribution in [0.25, 0.3) is 0 Å². The van der Waals surface area contributed by atoms with E-state index in [1.807, 2.05) is 43.3 Å². The summed E-state index contributed by atoms with van der Waals surface area (Å²) in [6.07, 6.45) is 3.42. The van der Waals surface area contributed by atoms with E-state index in [0.717, 1.165) is 15.7 Å². The molecule has 2 amide bonds. The fourth-order valence-electron chi connectivity index (χ4n) is 1.63. The summed E-state index contributed by atoms with van der Waals surface area (Å²) in [6.45, 7) is 1.93. The summed E-state index contributed by atoms with van der Waals surface area (Å²) in [5.41, 5.74) is 1.77. The van der Waals surface area contributed by atoms with Gasteiger partial charge in [-0.3, -0.25) is 4.98 Å². The van der Waals surface area contributed by atoms with Gasteiger partial charge in [0.05, 0.1) is 6.04 Å². The second-order valence-electron chi connectivity index (χ2n) is 4.11. The number of urea groups is 1. The summed E-state index contributed by atoms with van der Waals surface area (Å²) in [5, 5.41) is 5.65. The van der Waals surface area contributed by atoms with Crippen LogP contribution in [0.15, 0.2) is 53.3 Å². The number of carbonyl (C=O) groups is 1. The van der Waals surface area contributed by atoms with E-state index in [-0.39, 0.29) is 12.1 Å². The van der Waals surface area contributed by atoms with Crippen LogP contribution in [0.5, 0.6) is 0 Å². The van der Waals surface area contributed by atoms with Gasteiger partial charge in [-0.2, -0.15) is 0 Å². The zero-order valence-corrected chi connectivity index (χ0v) is 12.0. The highest BCUT2D eigenvalue weighted by Crippen LogP contribution is 2.15. The molecule has 1 heterocycles. The van der Waals surface area contributed by atoms with Gasteiger partial charge in [0.25, 0.3) is 0 Å². The van der Waals surface area contributed by atoms with Crippen molar-refractivity contribution in [2.45, 2.75) is 13.0 Å². The minimum atomic E-state index is -0.230. The molecule has 2 aromatic rings. The lowest BCUT2D eigenvalue weighted by Gasteiger charge is -2.14. The van der Waals surface area contributed by atoms with Gasteiger partial charge in [0, 0.05) is 22.6 Å². The van der Waals surface area contributed by atoms with Crippen molar-refractivity contribution in [2.24, 2.45) is 0 Å². The molecule has 0 aliphatic carbocycles. The summed E-state index contributed by atoms with van der Waals surface area (Å²) >= 11 is 3.35. The Morgan fingerprint density at radius 1 is 1.16 bits per heavy atom. The molecule has 4 nitrogen and oxygen atoms in total. The van der Waals surface area contributed by atoms with E-state index in [1.165, 1.54) is 0 Å². The van der Waals surface area contributed by atoms with Crippen molar-refractivity contribution in [1.82, 2.24) is 10.3 Å². The Kier molecular flexibility index (Phi) is 4.52. The summed E-state index contributed by atoms with van der Waals surface area (Å²) in [7, 11) is 0. The molecule has 0 bridgehead atoms. The average molecular weight is 320 g/mol. The number of hydrogen-bond acceptors (Lipinski definition) is 2. The monoisotopic (exact) mass is 319 g/mol. The number of amides is 2. The van der Waals surface area contributed by atoms with E-state index in [0.29, 0.717) is 0 Å². The maximum atomic E-state index is 11.8. The van der Waals surface area contributed by atoms with Crippen molar-refractivity contribution in [3.8, 4) is 0 Å². The van der Waals surface area contributed by atoms with Crippen LogP contribution in [0.1, 0.15) is 18.5 Å². The van der Waals surface area contributed by atoms with E-state index in [9.17, 15) is 4.79 Å². The normalized spacial score (nSPS) is 11.7. The molecule has 2 N–H and O–H groups in total. The van der Waals surface area contributed by atoms with Gasteiger partial charge in [0.15, 0.2) is 0 Å². The highest BCUT2D eigenvalue weighted by atomic mass is 79.9. The molecule has 1 aromatic heterocycles. The molecular formula is C14H14BrN3O. The van der Waals surface area contributed by atoms with Crippen LogP contribution in [-0.4, -0.2) is 11.0 Å². The van der Waals surface area contributed by atoms with Gasteiger partial charge in [-0.25, -0.2) is 4.79 Å². The van der Waals surface area contributed by atoms with Crippen LogP contribution >= 0.6 is 15.9 Å². The molecule has 0 aliphatic rings. The Morgan fingerprint density at radius 3 is 2.42 bits per heavy atom. The smallest absolute Gasteiger partial charge is 0.319 e. The second-order valence-corrected chi connectivity index (χ2v) is 5.02. The quantitative estimate of drug-likeness (QED) is 0.905. The van der Waals surface area contributed by atoms with Crippen LogP contribution in [0.3, 0.4) is 0 Å². The summed E-state index contributed by atoms with van der Waals surface area (Å²) < 4.78 is 0.976. The Morgan fingerprint density at radius 2 is 1.79 bits per heavy atom. The van der Waals surface area contributed by atoms with E-state index >= 15 is 0 Å². The summed E-state index contributed by atoms with van der Waals surface area (Å²) in [6, 6.07) is 10.9. The highest BCUT2D eigenvalue weighted by molar-refractivity contribution is 9.10. The van der Waals surface area contributed by atoms with Crippen molar-refractivity contribution in [3.05, 3.63) is 58.8 Å². The number of rotatable bonds is 3. The topological polar surface area (TPSA) is 54.0 Å². The third-order valence-corrected chi connectivity index (χ3v) is 3.18. The molecule has 1 aromatic carbocycles. The lowest BCUT2D eigenvalue weighted by Crippen LogP contribution is -2.31. The minimum Gasteiger partial charge on any atom is -0.331 e. The molecule has 98 valence electrons. The Labute approximate surface area is 120 Å². The lowest BCUT2D eigenvalue weighted by molar-refractivity contribution is 0.249. The lowest BCUT2D eigenvalue weighted by atomic mass is 10.1. The SMILES string of the molecule is CC(NC(=O)Nc1ccc(Br)cc1)c1ccncc1. The fraction of sp³-hybridized carbons (Fsp3) is 0.143. The van der Waals surface area contributed by atoms with Crippen molar-refractivity contribution >= 4 is 27.6 Å². The summed E-state index contributed by atoms with van der Waals surface area (Å²) in [4.78, 5) is 15.8. The molecule has 1 unspecified atom stereocenters. The molecule has 2 rings (SSSR count). The predicted molar refractivity (Wildman–Crippen MR) is 78.9 cm³/mol. The molecule has 0 saturated carbocycles. The molecular weight excluding hydrogens is 306 g/mol. The number of halogens is 1. The van der Waals surface area contributed by atoms with E-state index in [4.69, 9.17) is 0 Å². The van der Waals surface area contributed by atoms with Gasteiger partial charge in [-0.1, -0.05) is 15.9 Å². The van der Waals surface area contributed by atoms with E-state index in [1.54, 1.807) is 12.4 Å². The fourth-order valence-corrected chi connectivity index (χ4v) is 1.90. The second kappa shape index (κ2) is 6.33. The molecule has 5 heteroatoms. The van der Waals surface area contributed by atoms with Gasteiger partial charge in [0.2, 0.25) is 0 Å². The maximum Gasteiger partial charge on any atom is 0.319 e. The van der Waals surface area contributed by atoms with Crippen LogP contribution in [0.2, 0.25) is 0 Å². The number of hydrogen-bond donors (Lipinski definition) is 2. The number of nitrogens with zero attached hydrogens (tertiary/aromatic N) is 1. The number of aromatic nitrogens is 1. The van der Waals surface area contributed by atoms with Gasteiger partial charge >= 0.3 is 6.03 Å². The molecule has 1 atom stereocenters. The predicted octanol–water partition coefficient (Wildman–Crippen LogP) is 3.73. The first-order valence-electron chi connectivity index (χ1n) is 5.88. The van der Waals surface area contributed by atoms with Crippen LogP contribution < -0.4 is 10.6 Å². The highest BCUT2D eigenvalue weighted by Gasteiger charge is 2.08. The Hall–Kier alpha value is -1.88. The first-order valence-corrected chi connectivity index (χ1v) is 6.67. The van der Waals surface area contributed by atoms with E-state index < -0.39 is 0 Å². The zero-order chi connectivity index (χ0) is 13.7. The number of nitrogens with one attached hydrogen (secondary N) is 2. The molecule has 0 fully saturated rings. The largest absolute Gasteiger partial charge is 0.331 e. The number of anilines is 1.